The van der Waals surface area contributed by atoms with Crippen molar-refractivity contribution in [3.05, 3.63) is 34.9 Å². The normalized spacial score (nSPS) is 10.7. The predicted octanol–water partition coefficient (Wildman–Crippen LogP) is 2.41. The number of ether oxygens (including phenoxy) is 2. The molecule has 8 heteroatoms. The van der Waals surface area contributed by atoms with Gasteiger partial charge in [0.15, 0.2) is 6.61 Å². The van der Waals surface area contributed by atoms with E-state index in [2.05, 4.69) is 10.6 Å². The molecular formula is C17H23ClN2O5. The Bertz CT molecular complexity index is 613. The fourth-order valence-corrected chi connectivity index (χ4v) is 1.91. The van der Waals surface area contributed by atoms with Crippen LogP contribution in [0.3, 0.4) is 0 Å². The summed E-state index contributed by atoms with van der Waals surface area (Å²) in [4.78, 5) is 34.5. The Morgan fingerprint density at radius 1 is 1.16 bits per heavy atom. The molecule has 7 nitrogen and oxygen atoms in total. The first-order valence-electron chi connectivity index (χ1n) is 7.79. The SMILES string of the molecule is CC(C)(C)OC(=O)NCCC(=O)OCC(=O)NCc1cccc(Cl)c1. The first kappa shape index (κ1) is 20.8. The van der Waals surface area contributed by atoms with Crippen molar-refractivity contribution in [1.29, 1.82) is 0 Å². The van der Waals surface area contributed by atoms with Crippen LogP contribution in [-0.2, 0) is 25.6 Å². The largest absolute Gasteiger partial charge is 0.456 e. The lowest BCUT2D eigenvalue weighted by Crippen LogP contribution is -2.34. The molecule has 0 spiro atoms. The van der Waals surface area contributed by atoms with E-state index >= 15 is 0 Å². The predicted molar refractivity (Wildman–Crippen MR) is 93.1 cm³/mol. The van der Waals surface area contributed by atoms with E-state index in [1.165, 1.54) is 0 Å². The fourth-order valence-electron chi connectivity index (χ4n) is 1.70. The molecule has 0 radical (unpaired) electrons. The van der Waals surface area contributed by atoms with Gasteiger partial charge in [0.2, 0.25) is 0 Å². The van der Waals surface area contributed by atoms with Gasteiger partial charge in [-0.25, -0.2) is 4.79 Å². The molecule has 0 atom stereocenters. The smallest absolute Gasteiger partial charge is 0.407 e. The minimum absolute atomic E-state index is 0.0547. The minimum atomic E-state index is -0.612. The van der Waals surface area contributed by atoms with Gasteiger partial charge in [0, 0.05) is 18.1 Å². The van der Waals surface area contributed by atoms with Gasteiger partial charge in [0.05, 0.1) is 6.42 Å². The number of hydrogen-bond donors (Lipinski definition) is 2. The third-order valence-electron chi connectivity index (χ3n) is 2.74. The number of esters is 1. The number of alkyl carbamates (subject to hydrolysis) is 1. The highest BCUT2D eigenvalue weighted by Gasteiger charge is 2.16. The Morgan fingerprint density at radius 2 is 1.88 bits per heavy atom. The number of nitrogens with one attached hydrogen (secondary N) is 2. The van der Waals surface area contributed by atoms with Crippen molar-refractivity contribution in [3.63, 3.8) is 0 Å². The molecule has 0 fully saturated rings. The highest BCUT2D eigenvalue weighted by Crippen LogP contribution is 2.10. The quantitative estimate of drug-likeness (QED) is 0.719. The maximum absolute atomic E-state index is 11.6. The van der Waals surface area contributed by atoms with Gasteiger partial charge >= 0.3 is 12.1 Å². The Hall–Kier alpha value is -2.28. The maximum Gasteiger partial charge on any atom is 0.407 e. The van der Waals surface area contributed by atoms with Crippen LogP contribution >= 0.6 is 11.6 Å². The third-order valence-corrected chi connectivity index (χ3v) is 2.98. The van der Waals surface area contributed by atoms with Crippen molar-refractivity contribution in [3.8, 4) is 0 Å². The Labute approximate surface area is 152 Å². The number of halogens is 1. The van der Waals surface area contributed by atoms with E-state index in [9.17, 15) is 14.4 Å². The molecule has 0 aromatic heterocycles. The van der Waals surface area contributed by atoms with Crippen molar-refractivity contribution in [2.75, 3.05) is 13.2 Å². The van der Waals surface area contributed by atoms with Crippen LogP contribution in [-0.4, -0.2) is 36.7 Å². The molecule has 1 rings (SSSR count). The molecule has 0 unspecified atom stereocenters. The van der Waals surface area contributed by atoms with Crippen LogP contribution in [0.15, 0.2) is 24.3 Å². The maximum atomic E-state index is 11.6. The number of benzene rings is 1. The zero-order valence-corrected chi connectivity index (χ0v) is 15.3. The van der Waals surface area contributed by atoms with Gasteiger partial charge in [-0.3, -0.25) is 9.59 Å². The van der Waals surface area contributed by atoms with E-state index in [0.29, 0.717) is 5.02 Å². The highest BCUT2D eigenvalue weighted by molar-refractivity contribution is 6.30. The molecule has 2 amide bonds. The highest BCUT2D eigenvalue weighted by atomic mass is 35.5. The second-order valence-corrected chi connectivity index (χ2v) is 6.68. The summed E-state index contributed by atoms with van der Waals surface area (Å²) >= 11 is 5.85. The molecular weight excluding hydrogens is 348 g/mol. The van der Waals surface area contributed by atoms with Crippen LogP contribution in [0.5, 0.6) is 0 Å². The van der Waals surface area contributed by atoms with Crippen LogP contribution in [0.2, 0.25) is 5.02 Å². The summed E-state index contributed by atoms with van der Waals surface area (Å²) in [6, 6.07) is 7.07. The van der Waals surface area contributed by atoms with Crippen LogP contribution < -0.4 is 10.6 Å². The molecule has 0 saturated carbocycles. The summed E-state index contributed by atoms with van der Waals surface area (Å²) in [7, 11) is 0. The summed E-state index contributed by atoms with van der Waals surface area (Å²) in [5.41, 5.74) is 0.236. The van der Waals surface area contributed by atoms with Crippen molar-refractivity contribution >= 4 is 29.6 Å². The lowest BCUT2D eigenvalue weighted by Gasteiger charge is -2.19. The summed E-state index contributed by atoms with van der Waals surface area (Å²) in [5, 5.41) is 5.63. The van der Waals surface area contributed by atoms with Crippen LogP contribution in [0.25, 0.3) is 0 Å². The van der Waals surface area contributed by atoms with E-state index in [1.807, 2.05) is 6.07 Å². The van der Waals surface area contributed by atoms with Gasteiger partial charge in [-0.2, -0.15) is 0 Å². The first-order valence-corrected chi connectivity index (χ1v) is 8.17. The first-order chi connectivity index (χ1) is 11.7. The number of rotatable bonds is 7. The Kier molecular flexibility index (Phi) is 8.21. The van der Waals surface area contributed by atoms with E-state index in [1.54, 1.807) is 39.0 Å². The van der Waals surface area contributed by atoms with Gasteiger partial charge in [0.25, 0.3) is 5.91 Å². The Balaban J connectivity index is 2.16. The molecule has 138 valence electrons. The lowest BCUT2D eigenvalue weighted by molar-refractivity contribution is -0.148. The van der Waals surface area contributed by atoms with E-state index < -0.39 is 23.6 Å². The average molecular weight is 371 g/mol. The van der Waals surface area contributed by atoms with E-state index in [0.717, 1.165) is 5.56 Å². The number of amides is 2. The molecule has 0 aliphatic heterocycles. The molecule has 1 aromatic carbocycles. The van der Waals surface area contributed by atoms with Crippen LogP contribution in [0, 0.1) is 0 Å². The van der Waals surface area contributed by atoms with Crippen molar-refractivity contribution < 1.29 is 23.9 Å². The molecule has 25 heavy (non-hydrogen) atoms. The third kappa shape index (κ3) is 10.2. The number of hydrogen-bond acceptors (Lipinski definition) is 5. The second-order valence-electron chi connectivity index (χ2n) is 6.25. The topological polar surface area (TPSA) is 93.7 Å². The zero-order chi connectivity index (χ0) is 18.9. The molecule has 2 N–H and O–H groups in total. The van der Waals surface area contributed by atoms with Crippen LogP contribution in [0.1, 0.15) is 32.8 Å². The van der Waals surface area contributed by atoms with Crippen molar-refractivity contribution in [2.24, 2.45) is 0 Å². The second kappa shape index (κ2) is 9.88. The van der Waals surface area contributed by atoms with Crippen molar-refractivity contribution in [1.82, 2.24) is 10.6 Å². The summed E-state index contributed by atoms with van der Waals surface area (Å²) < 4.78 is 9.85. The number of carbonyl (C=O) groups excluding carboxylic acids is 3. The molecule has 0 heterocycles. The zero-order valence-electron chi connectivity index (χ0n) is 14.6. The minimum Gasteiger partial charge on any atom is -0.456 e. The summed E-state index contributed by atoms with van der Waals surface area (Å²) in [6.45, 7) is 5.19. The Morgan fingerprint density at radius 3 is 2.52 bits per heavy atom. The molecule has 0 aliphatic carbocycles. The van der Waals surface area contributed by atoms with Crippen molar-refractivity contribution in [2.45, 2.75) is 39.3 Å². The van der Waals surface area contributed by atoms with Gasteiger partial charge in [0.1, 0.15) is 5.60 Å². The van der Waals surface area contributed by atoms with Gasteiger partial charge in [-0.1, -0.05) is 23.7 Å². The molecule has 0 saturated heterocycles. The van der Waals surface area contributed by atoms with Gasteiger partial charge < -0.3 is 20.1 Å². The monoisotopic (exact) mass is 370 g/mol. The van der Waals surface area contributed by atoms with E-state index in [-0.39, 0.29) is 26.1 Å². The lowest BCUT2D eigenvalue weighted by atomic mass is 10.2. The van der Waals surface area contributed by atoms with Crippen LogP contribution in [0.4, 0.5) is 4.79 Å². The molecule has 0 bridgehead atoms. The molecule has 1 aromatic rings. The average Bonchev–Trinajstić information content (AvgIpc) is 2.49. The van der Waals surface area contributed by atoms with Gasteiger partial charge in [-0.15, -0.1) is 0 Å². The van der Waals surface area contributed by atoms with Gasteiger partial charge in [-0.05, 0) is 38.5 Å². The summed E-state index contributed by atoms with van der Waals surface area (Å²) in [6.07, 6.45) is -0.666. The standard InChI is InChI=1S/C17H23ClN2O5/c1-17(2,3)25-16(23)19-8-7-15(22)24-11-14(21)20-10-12-5-4-6-13(18)9-12/h4-6,9H,7-8,10-11H2,1-3H3,(H,19,23)(H,20,21). The fraction of sp³-hybridized carbons (Fsp3) is 0.471. The summed E-state index contributed by atoms with van der Waals surface area (Å²) in [5.74, 6) is -1.01. The molecule has 0 aliphatic rings. The number of carbonyl (C=O) groups is 3. The van der Waals surface area contributed by atoms with E-state index in [4.69, 9.17) is 21.1 Å².